The highest BCUT2D eigenvalue weighted by Gasteiger charge is 2.31. The van der Waals surface area contributed by atoms with Crippen LogP contribution in [-0.4, -0.2) is 52.0 Å². The molecule has 0 radical (unpaired) electrons. The minimum Gasteiger partial charge on any atom is -0.383 e. The maximum atomic E-state index is 12.5. The fourth-order valence-electron chi connectivity index (χ4n) is 2.08. The maximum absolute atomic E-state index is 12.5. The van der Waals surface area contributed by atoms with Crippen LogP contribution < -0.4 is 5.32 Å². The minimum absolute atomic E-state index is 0.110. The number of nitrogens with one attached hydrogen (secondary N) is 1. The molecule has 6 nitrogen and oxygen atoms in total. The zero-order valence-electron chi connectivity index (χ0n) is 11.3. The molecule has 0 aromatic carbocycles. The highest BCUT2D eigenvalue weighted by Crippen LogP contribution is 2.27. The summed E-state index contributed by atoms with van der Waals surface area (Å²) < 4.78 is 31.3. The Balaban J connectivity index is 2.17. The Labute approximate surface area is 122 Å². The van der Waals surface area contributed by atoms with E-state index in [1.165, 1.54) is 10.4 Å². The molecule has 1 aliphatic rings. The summed E-state index contributed by atoms with van der Waals surface area (Å²) in [6.07, 6.45) is 1.75. The minimum atomic E-state index is -3.55. The molecule has 8 heteroatoms. The molecule has 2 heterocycles. The number of nitrogens with zero attached hydrogens (tertiary/aromatic N) is 1. The number of thiophene rings is 1. The van der Waals surface area contributed by atoms with Gasteiger partial charge in [0.2, 0.25) is 10.0 Å². The van der Waals surface area contributed by atoms with E-state index in [2.05, 4.69) is 5.32 Å². The largest absolute Gasteiger partial charge is 0.383 e. The second-order valence-electron chi connectivity index (χ2n) is 4.47. The lowest BCUT2D eigenvalue weighted by Gasteiger charge is -2.15. The predicted octanol–water partition coefficient (Wildman–Crippen LogP) is 0.909. The van der Waals surface area contributed by atoms with Crippen LogP contribution in [0.4, 0.5) is 0 Å². The SMILES string of the molecule is COCCNC(=O)c1sccc1S(=O)(=O)N1CCCC1. The van der Waals surface area contributed by atoms with Crippen LogP contribution in [0.1, 0.15) is 22.5 Å². The van der Waals surface area contributed by atoms with Gasteiger partial charge in [-0.25, -0.2) is 8.42 Å². The van der Waals surface area contributed by atoms with Crippen LogP contribution in [0.2, 0.25) is 0 Å². The fraction of sp³-hybridized carbons (Fsp3) is 0.583. The number of hydrogen-bond acceptors (Lipinski definition) is 5. The summed E-state index contributed by atoms with van der Waals surface area (Å²) in [5, 5.41) is 4.29. The average molecular weight is 318 g/mol. The van der Waals surface area contributed by atoms with E-state index in [1.807, 2.05) is 0 Å². The van der Waals surface area contributed by atoms with E-state index < -0.39 is 10.0 Å². The smallest absolute Gasteiger partial charge is 0.262 e. The Hall–Kier alpha value is -0.960. The third-order valence-electron chi connectivity index (χ3n) is 3.11. The second-order valence-corrected chi connectivity index (χ2v) is 7.30. The number of sulfonamides is 1. The lowest BCUT2D eigenvalue weighted by Crippen LogP contribution is -2.31. The van der Waals surface area contributed by atoms with E-state index in [9.17, 15) is 13.2 Å². The molecule has 1 amide bonds. The summed E-state index contributed by atoms with van der Waals surface area (Å²) in [6, 6.07) is 1.50. The first kappa shape index (κ1) is 15.4. The molecular weight excluding hydrogens is 300 g/mol. The Bertz CT molecular complexity index is 562. The van der Waals surface area contributed by atoms with Crippen molar-refractivity contribution in [2.24, 2.45) is 0 Å². The Kier molecular flexibility index (Phi) is 5.14. The van der Waals surface area contributed by atoms with Crippen molar-refractivity contribution < 1.29 is 17.9 Å². The molecule has 0 atom stereocenters. The molecule has 0 aliphatic carbocycles. The molecule has 112 valence electrons. The molecule has 1 aromatic rings. The van der Waals surface area contributed by atoms with Gasteiger partial charge in [-0.15, -0.1) is 11.3 Å². The monoisotopic (exact) mass is 318 g/mol. The summed E-state index contributed by atoms with van der Waals surface area (Å²) in [4.78, 5) is 12.4. The van der Waals surface area contributed by atoms with Crippen molar-refractivity contribution in [2.75, 3.05) is 33.4 Å². The van der Waals surface area contributed by atoms with Crippen molar-refractivity contribution in [3.63, 3.8) is 0 Å². The third-order valence-corrected chi connectivity index (χ3v) is 6.09. The Morgan fingerprint density at radius 1 is 1.45 bits per heavy atom. The first-order chi connectivity index (χ1) is 9.57. The zero-order chi connectivity index (χ0) is 14.6. The summed E-state index contributed by atoms with van der Waals surface area (Å²) >= 11 is 1.14. The van der Waals surface area contributed by atoms with Crippen molar-refractivity contribution in [2.45, 2.75) is 17.7 Å². The van der Waals surface area contributed by atoms with Gasteiger partial charge in [-0.3, -0.25) is 4.79 Å². The van der Waals surface area contributed by atoms with E-state index >= 15 is 0 Å². The number of rotatable bonds is 6. The van der Waals surface area contributed by atoms with Gasteiger partial charge in [0.05, 0.1) is 6.61 Å². The van der Waals surface area contributed by atoms with Crippen LogP contribution in [0.5, 0.6) is 0 Å². The van der Waals surface area contributed by atoms with Crippen molar-refractivity contribution in [3.05, 3.63) is 16.3 Å². The molecule has 2 rings (SSSR count). The molecule has 0 spiro atoms. The number of hydrogen-bond donors (Lipinski definition) is 1. The van der Waals surface area contributed by atoms with Crippen molar-refractivity contribution in [1.82, 2.24) is 9.62 Å². The molecule has 0 bridgehead atoms. The highest BCUT2D eigenvalue weighted by molar-refractivity contribution is 7.89. The lowest BCUT2D eigenvalue weighted by molar-refractivity contribution is 0.0938. The lowest BCUT2D eigenvalue weighted by atomic mass is 10.4. The molecule has 20 heavy (non-hydrogen) atoms. The summed E-state index contributed by atoms with van der Waals surface area (Å²) in [5.74, 6) is -0.366. The van der Waals surface area contributed by atoms with Crippen LogP contribution in [0.25, 0.3) is 0 Å². The van der Waals surface area contributed by atoms with Gasteiger partial charge in [0.1, 0.15) is 9.77 Å². The zero-order valence-corrected chi connectivity index (χ0v) is 12.9. The van der Waals surface area contributed by atoms with Crippen LogP contribution in [0.15, 0.2) is 16.3 Å². The molecule has 0 saturated carbocycles. The van der Waals surface area contributed by atoms with E-state index in [0.29, 0.717) is 26.2 Å². The third kappa shape index (κ3) is 3.20. The van der Waals surface area contributed by atoms with Gasteiger partial charge in [-0.05, 0) is 24.3 Å². The molecule has 1 N–H and O–H groups in total. The van der Waals surface area contributed by atoms with Crippen LogP contribution in [0, 0.1) is 0 Å². The topological polar surface area (TPSA) is 75.7 Å². The quantitative estimate of drug-likeness (QED) is 0.791. The molecule has 1 aliphatic heterocycles. The number of carbonyl (C=O) groups excluding carboxylic acids is 1. The van der Waals surface area contributed by atoms with Crippen LogP contribution in [-0.2, 0) is 14.8 Å². The first-order valence-corrected chi connectivity index (χ1v) is 8.74. The molecule has 1 saturated heterocycles. The maximum Gasteiger partial charge on any atom is 0.262 e. The normalized spacial score (nSPS) is 16.4. The van der Waals surface area contributed by atoms with Gasteiger partial charge in [-0.2, -0.15) is 4.31 Å². The number of ether oxygens (including phenoxy) is 1. The van der Waals surface area contributed by atoms with Crippen molar-refractivity contribution in [1.29, 1.82) is 0 Å². The predicted molar refractivity (Wildman–Crippen MR) is 76.5 cm³/mol. The highest BCUT2D eigenvalue weighted by atomic mass is 32.2. The van der Waals surface area contributed by atoms with Gasteiger partial charge in [0.15, 0.2) is 0 Å². The molecule has 0 unspecified atom stereocenters. The van der Waals surface area contributed by atoms with Crippen LogP contribution in [0.3, 0.4) is 0 Å². The van der Waals surface area contributed by atoms with E-state index in [-0.39, 0.29) is 15.7 Å². The average Bonchev–Trinajstić information content (AvgIpc) is 3.10. The molecule has 1 fully saturated rings. The van der Waals surface area contributed by atoms with Crippen LogP contribution >= 0.6 is 11.3 Å². The number of amides is 1. The molecular formula is C12H18N2O4S2. The second kappa shape index (κ2) is 6.66. The van der Waals surface area contributed by atoms with Gasteiger partial charge in [0.25, 0.3) is 5.91 Å². The first-order valence-electron chi connectivity index (χ1n) is 6.42. The number of methoxy groups -OCH3 is 1. The van der Waals surface area contributed by atoms with E-state index in [1.54, 1.807) is 12.5 Å². The summed E-state index contributed by atoms with van der Waals surface area (Å²) in [7, 11) is -2.01. The van der Waals surface area contributed by atoms with Crippen molar-refractivity contribution in [3.8, 4) is 0 Å². The van der Waals surface area contributed by atoms with E-state index in [0.717, 1.165) is 24.2 Å². The Morgan fingerprint density at radius 2 is 2.15 bits per heavy atom. The summed E-state index contributed by atoms with van der Waals surface area (Å²) in [5.41, 5.74) is 0. The standard InChI is InChI=1S/C12H18N2O4S2/c1-18-8-5-13-12(15)11-10(4-9-19-11)20(16,17)14-6-2-3-7-14/h4,9H,2-3,5-8H2,1H3,(H,13,15). The van der Waals surface area contributed by atoms with Gasteiger partial charge >= 0.3 is 0 Å². The van der Waals surface area contributed by atoms with E-state index in [4.69, 9.17) is 4.74 Å². The summed E-state index contributed by atoms with van der Waals surface area (Å²) in [6.45, 7) is 1.81. The number of carbonyl (C=O) groups is 1. The van der Waals surface area contributed by atoms with Crippen molar-refractivity contribution >= 4 is 27.3 Å². The Morgan fingerprint density at radius 3 is 2.80 bits per heavy atom. The van der Waals surface area contributed by atoms with Gasteiger partial charge in [0, 0.05) is 26.7 Å². The fourth-order valence-corrected chi connectivity index (χ4v) is 4.91. The molecule has 1 aromatic heterocycles. The van der Waals surface area contributed by atoms with Gasteiger partial charge < -0.3 is 10.1 Å². The van der Waals surface area contributed by atoms with Gasteiger partial charge in [-0.1, -0.05) is 0 Å².